The lowest BCUT2D eigenvalue weighted by Crippen LogP contribution is -2.19. The number of nitrogens with zero attached hydrogens (tertiary/aromatic N) is 2. The molecule has 25 heavy (non-hydrogen) atoms. The summed E-state index contributed by atoms with van der Waals surface area (Å²) in [5.41, 5.74) is 2.81. The van der Waals surface area contributed by atoms with Gasteiger partial charge in [-0.25, -0.2) is 0 Å². The first-order valence-corrected chi connectivity index (χ1v) is 9.36. The van der Waals surface area contributed by atoms with Crippen LogP contribution in [0.1, 0.15) is 5.56 Å². The van der Waals surface area contributed by atoms with Gasteiger partial charge in [0.1, 0.15) is 6.54 Å². The lowest BCUT2D eigenvalue weighted by Gasteiger charge is -2.09. The molecule has 0 aliphatic heterocycles. The molecule has 128 valence electrons. The summed E-state index contributed by atoms with van der Waals surface area (Å²) in [6.45, 7) is 2.11. The van der Waals surface area contributed by atoms with Crippen LogP contribution in [0.3, 0.4) is 0 Å². The maximum Gasteiger partial charge on any atom is 0.244 e. The Labute approximate surface area is 155 Å². The number of thioether (sulfide) groups is 1. The molecule has 7 heteroatoms. The lowest BCUT2D eigenvalue weighted by atomic mass is 10.1. The zero-order valence-corrected chi connectivity index (χ0v) is 15.6. The highest BCUT2D eigenvalue weighted by Gasteiger charge is 2.13. The van der Waals surface area contributed by atoms with Crippen molar-refractivity contribution in [1.29, 1.82) is 0 Å². The molecule has 3 aromatic rings. The summed E-state index contributed by atoms with van der Waals surface area (Å²) >= 11 is 6.92. The maximum absolute atomic E-state index is 12.5. The van der Waals surface area contributed by atoms with Crippen molar-refractivity contribution in [3.8, 4) is 11.4 Å². The fourth-order valence-electron chi connectivity index (χ4n) is 2.51. The molecular formula is C18H18N4OS2. The number of benzene rings is 2. The Morgan fingerprint density at radius 2 is 2.08 bits per heavy atom. The van der Waals surface area contributed by atoms with Gasteiger partial charge in [-0.15, -0.1) is 11.8 Å². The minimum absolute atomic E-state index is 0.0993. The van der Waals surface area contributed by atoms with Crippen LogP contribution >= 0.6 is 24.0 Å². The summed E-state index contributed by atoms with van der Waals surface area (Å²) in [5.74, 6) is 0.506. The van der Waals surface area contributed by atoms with Crippen LogP contribution in [0.2, 0.25) is 0 Å². The van der Waals surface area contributed by atoms with E-state index in [4.69, 9.17) is 12.2 Å². The normalized spacial score (nSPS) is 10.6. The van der Waals surface area contributed by atoms with Crippen molar-refractivity contribution in [2.45, 2.75) is 18.4 Å². The minimum Gasteiger partial charge on any atom is -0.324 e. The van der Waals surface area contributed by atoms with Crippen LogP contribution < -0.4 is 5.32 Å². The topological polar surface area (TPSA) is 62.7 Å². The number of rotatable bonds is 5. The molecule has 1 amide bonds. The lowest BCUT2D eigenvalue weighted by molar-refractivity contribution is -0.116. The third-order valence-electron chi connectivity index (χ3n) is 3.69. The average molecular weight is 371 g/mol. The van der Waals surface area contributed by atoms with Gasteiger partial charge in [-0.3, -0.25) is 14.5 Å². The molecule has 0 spiro atoms. The molecular weight excluding hydrogens is 352 g/mol. The van der Waals surface area contributed by atoms with Gasteiger partial charge >= 0.3 is 0 Å². The number of aromatic amines is 1. The van der Waals surface area contributed by atoms with E-state index in [2.05, 4.69) is 15.5 Å². The van der Waals surface area contributed by atoms with Gasteiger partial charge in [-0.2, -0.15) is 5.10 Å². The smallest absolute Gasteiger partial charge is 0.244 e. The van der Waals surface area contributed by atoms with Crippen molar-refractivity contribution in [3.63, 3.8) is 0 Å². The second-order valence-corrected chi connectivity index (χ2v) is 6.85. The van der Waals surface area contributed by atoms with Crippen molar-refractivity contribution in [2.24, 2.45) is 0 Å². The van der Waals surface area contributed by atoms with Crippen LogP contribution in [0.15, 0.2) is 53.4 Å². The van der Waals surface area contributed by atoms with Crippen LogP contribution in [-0.2, 0) is 11.3 Å². The van der Waals surface area contributed by atoms with Gasteiger partial charge in [0.2, 0.25) is 5.91 Å². The van der Waals surface area contributed by atoms with E-state index in [-0.39, 0.29) is 12.5 Å². The molecule has 0 saturated carbocycles. The van der Waals surface area contributed by atoms with Gasteiger partial charge in [-0.05, 0) is 49.7 Å². The van der Waals surface area contributed by atoms with E-state index in [1.807, 2.05) is 61.7 Å². The number of aromatic nitrogens is 3. The first-order valence-electron chi connectivity index (χ1n) is 7.73. The van der Waals surface area contributed by atoms with Gasteiger partial charge in [-0.1, -0.05) is 29.8 Å². The number of carbonyl (C=O) groups excluding carboxylic acids is 1. The number of anilines is 1. The Balaban J connectivity index is 1.82. The molecule has 0 unspecified atom stereocenters. The molecule has 2 aromatic carbocycles. The molecule has 1 heterocycles. The summed E-state index contributed by atoms with van der Waals surface area (Å²) in [7, 11) is 0. The summed E-state index contributed by atoms with van der Waals surface area (Å²) in [4.78, 5) is 13.6. The monoisotopic (exact) mass is 370 g/mol. The largest absolute Gasteiger partial charge is 0.324 e. The van der Waals surface area contributed by atoms with Crippen molar-refractivity contribution < 1.29 is 4.79 Å². The fraction of sp³-hybridized carbons (Fsp3) is 0.167. The van der Waals surface area contributed by atoms with Gasteiger partial charge in [0.15, 0.2) is 10.6 Å². The van der Waals surface area contributed by atoms with Gasteiger partial charge < -0.3 is 5.32 Å². The molecule has 1 aromatic heterocycles. The van der Waals surface area contributed by atoms with Crippen LogP contribution in [0.4, 0.5) is 5.69 Å². The van der Waals surface area contributed by atoms with Crippen LogP contribution in [0.5, 0.6) is 0 Å². The molecule has 0 atom stereocenters. The summed E-state index contributed by atoms with van der Waals surface area (Å²) in [6.07, 6.45) is 2.00. The van der Waals surface area contributed by atoms with E-state index in [0.29, 0.717) is 10.6 Å². The van der Waals surface area contributed by atoms with Crippen molar-refractivity contribution in [3.05, 3.63) is 58.9 Å². The molecule has 0 aliphatic carbocycles. The standard InChI is InChI=1S/C18H18N4OS2/c1-12-5-3-6-13(9-12)17-20-21-18(24)22(17)11-16(23)19-14-7-4-8-15(10-14)25-2/h3-10H,11H2,1-2H3,(H,19,23)(H,21,24). The number of hydrogen-bond acceptors (Lipinski definition) is 4. The third-order valence-corrected chi connectivity index (χ3v) is 4.73. The summed E-state index contributed by atoms with van der Waals surface area (Å²) in [6, 6.07) is 15.7. The van der Waals surface area contributed by atoms with Gasteiger partial charge in [0.25, 0.3) is 0 Å². The number of carbonyl (C=O) groups is 1. The van der Waals surface area contributed by atoms with E-state index in [9.17, 15) is 4.79 Å². The highest BCUT2D eigenvalue weighted by molar-refractivity contribution is 7.98. The molecule has 3 rings (SSSR count). The van der Waals surface area contributed by atoms with Crippen LogP contribution in [0, 0.1) is 11.7 Å². The Morgan fingerprint density at radius 1 is 1.28 bits per heavy atom. The molecule has 0 saturated heterocycles. The van der Waals surface area contributed by atoms with Gasteiger partial charge in [0, 0.05) is 16.1 Å². The minimum atomic E-state index is -0.148. The molecule has 5 nitrogen and oxygen atoms in total. The van der Waals surface area contributed by atoms with Crippen molar-refractivity contribution in [1.82, 2.24) is 14.8 Å². The first kappa shape index (κ1) is 17.4. The number of H-pyrrole nitrogens is 1. The van der Waals surface area contributed by atoms with Gasteiger partial charge in [0.05, 0.1) is 0 Å². The molecule has 0 bridgehead atoms. The van der Waals surface area contributed by atoms with Crippen LogP contribution in [0.25, 0.3) is 11.4 Å². The second kappa shape index (κ2) is 7.67. The summed E-state index contributed by atoms with van der Waals surface area (Å²) < 4.78 is 2.13. The Kier molecular flexibility index (Phi) is 5.35. The Bertz CT molecular complexity index is 961. The average Bonchev–Trinajstić information content (AvgIpc) is 2.95. The van der Waals surface area contributed by atoms with E-state index in [0.717, 1.165) is 21.7 Å². The predicted octanol–water partition coefficient (Wildman–Crippen LogP) is 4.28. The zero-order chi connectivity index (χ0) is 17.8. The number of hydrogen-bond donors (Lipinski definition) is 2. The second-order valence-electron chi connectivity index (χ2n) is 5.59. The van der Waals surface area contributed by atoms with E-state index >= 15 is 0 Å². The Hall–Kier alpha value is -2.38. The Morgan fingerprint density at radius 3 is 2.84 bits per heavy atom. The zero-order valence-electron chi connectivity index (χ0n) is 13.9. The maximum atomic E-state index is 12.5. The van der Waals surface area contributed by atoms with Crippen molar-refractivity contribution in [2.75, 3.05) is 11.6 Å². The number of amides is 1. The molecule has 0 aliphatic rings. The number of aryl methyl sites for hydroxylation is 1. The van der Waals surface area contributed by atoms with E-state index in [1.165, 1.54) is 0 Å². The van der Waals surface area contributed by atoms with E-state index in [1.54, 1.807) is 16.3 Å². The van der Waals surface area contributed by atoms with Crippen molar-refractivity contribution >= 4 is 35.6 Å². The fourth-order valence-corrected chi connectivity index (χ4v) is 3.17. The SMILES string of the molecule is CSc1cccc(NC(=O)Cn2c(-c3cccc(C)c3)n[nH]c2=S)c1. The predicted molar refractivity (Wildman–Crippen MR) is 104 cm³/mol. The molecule has 2 N–H and O–H groups in total. The van der Waals surface area contributed by atoms with E-state index < -0.39 is 0 Å². The number of nitrogens with one attached hydrogen (secondary N) is 2. The van der Waals surface area contributed by atoms with Crippen LogP contribution in [-0.4, -0.2) is 26.9 Å². The molecule has 0 fully saturated rings. The first-order chi connectivity index (χ1) is 12.1. The quantitative estimate of drug-likeness (QED) is 0.520. The highest BCUT2D eigenvalue weighted by atomic mass is 32.2. The summed E-state index contributed by atoms with van der Waals surface area (Å²) in [5, 5.41) is 9.96. The molecule has 0 radical (unpaired) electrons. The third kappa shape index (κ3) is 4.18. The highest BCUT2D eigenvalue weighted by Crippen LogP contribution is 2.20.